The number of aryl methyl sites for hydroxylation is 1. The SMILES string of the molecule is CCCCCC[Si](CCCCCC)(CCCCCC)Oc1c(C(=O)Oc2cccc3ccccc23)cc(O[Si](CCCCCC)(CCCCCC)CCCCCC)c2c(C)cccc12. The Morgan fingerprint density at radius 3 is 1.31 bits per heavy atom. The van der Waals surface area contributed by atoms with E-state index in [4.69, 9.17) is 13.6 Å². The Labute approximate surface area is 394 Å². The normalized spacial score (nSPS) is 12.0. The van der Waals surface area contributed by atoms with Gasteiger partial charge in [-0.05, 0) is 66.3 Å². The minimum absolute atomic E-state index is 0.341. The van der Waals surface area contributed by atoms with Crippen molar-refractivity contribution in [3.05, 3.63) is 77.9 Å². The highest BCUT2D eigenvalue weighted by molar-refractivity contribution is 6.75. The number of carbonyl (C=O) groups excluding carboxylic acids is 1. The average molecular weight is 910 g/mol. The van der Waals surface area contributed by atoms with E-state index in [1.165, 1.54) is 178 Å². The Hall–Kier alpha value is -3.10. The lowest BCUT2D eigenvalue weighted by Gasteiger charge is -2.36. The van der Waals surface area contributed by atoms with Crippen LogP contribution in [0.25, 0.3) is 21.5 Å². The summed E-state index contributed by atoms with van der Waals surface area (Å²) >= 11 is 0. The molecule has 0 spiro atoms. The van der Waals surface area contributed by atoms with Crippen molar-refractivity contribution in [2.24, 2.45) is 0 Å². The fourth-order valence-electron chi connectivity index (χ4n) is 10.1. The van der Waals surface area contributed by atoms with Crippen molar-refractivity contribution in [2.45, 2.75) is 239 Å². The number of hydrogen-bond donors (Lipinski definition) is 0. The zero-order valence-electron chi connectivity index (χ0n) is 42.2. The van der Waals surface area contributed by atoms with Gasteiger partial charge in [0.05, 0.1) is 0 Å². The number of carbonyl (C=O) groups is 1. The molecule has 4 aromatic rings. The van der Waals surface area contributed by atoms with Crippen LogP contribution in [0.2, 0.25) is 36.3 Å². The van der Waals surface area contributed by atoms with E-state index in [0.717, 1.165) is 51.2 Å². The topological polar surface area (TPSA) is 44.8 Å². The Morgan fingerprint density at radius 2 is 0.844 bits per heavy atom. The van der Waals surface area contributed by atoms with Gasteiger partial charge in [-0.3, -0.25) is 0 Å². The van der Waals surface area contributed by atoms with Crippen molar-refractivity contribution in [3.8, 4) is 17.2 Å². The lowest BCUT2D eigenvalue weighted by molar-refractivity contribution is 0.0735. The van der Waals surface area contributed by atoms with Gasteiger partial charge >= 0.3 is 5.97 Å². The quantitative estimate of drug-likeness (QED) is 0.0197. The molecular formula is C58H92O4Si2. The third kappa shape index (κ3) is 17.0. The van der Waals surface area contributed by atoms with Crippen LogP contribution in [0.3, 0.4) is 0 Å². The van der Waals surface area contributed by atoms with Crippen LogP contribution >= 0.6 is 0 Å². The Bertz CT molecular complexity index is 1840. The molecule has 6 heteroatoms. The summed E-state index contributed by atoms with van der Waals surface area (Å²) in [6.45, 7) is 16.1. The first-order chi connectivity index (χ1) is 31.3. The molecule has 0 aromatic heterocycles. The molecule has 0 radical (unpaired) electrons. The van der Waals surface area contributed by atoms with E-state index < -0.39 is 16.6 Å². The molecule has 64 heavy (non-hydrogen) atoms. The fourth-order valence-corrected chi connectivity index (χ4v) is 18.9. The van der Waals surface area contributed by atoms with Crippen molar-refractivity contribution >= 4 is 44.1 Å². The first-order valence-corrected chi connectivity index (χ1v) is 32.0. The molecule has 4 rings (SSSR count). The largest absolute Gasteiger partial charge is 0.543 e. The van der Waals surface area contributed by atoms with Crippen molar-refractivity contribution in [1.82, 2.24) is 0 Å². The molecule has 0 saturated carbocycles. The highest BCUT2D eigenvalue weighted by atomic mass is 28.4. The van der Waals surface area contributed by atoms with Gasteiger partial charge in [0.2, 0.25) is 0 Å². The Kier molecular flexibility index (Phi) is 25.3. The van der Waals surface area contributed by atoms with E-state index in [-0.39, 0.29) is 5.97 Å². The Morgan fingerprint density at radius 1 is 0.438 bits per heavy atom. The van der Waals surface area contributed by atoms with Crippen molar-refractivity contribution in [3.63, 3.8) is 0 Å². The van der Waals surface area contributed by atoms with Crippen LogP contribution in [-0.4, -0.2) is 22.6 Å². The fraction of sp³-hybridized carbons (Fsp3) is 0.638. The van der Waals surface area contributed by atoms with Crippen LogP contribution in [0, 0.1) is 6.92 Å². The molecule has 0 bridgehead atoms. The van der Waals surface area contributed by atoms with Gasteiger partial charge in [0.1, 0.15) is 22.8 Å². The lowest BCUT2D eigenvalue weighted by Crippen LogP contribution is -2.43. The van der Waals surface area contributed by atoms with Gasteiger partial charge in [0.15, 0.2) is 0 Å². The molecule has 0 amide bonds. The van der Waals surface area contributed by atoms with Crippen LogP contribution in [-0.2, 0) is 0 Å². The van der Waals surface area contributed by atoms with Crippen molar-refractivity contribution in [2.75, 3.05) is 0 Å². The monoisotopic (exact) mass is 909 g/mol. The van der Waals surface area contributed by atoms with Gasteiger partial charge in [-0.1, -0.05) is 250 Å². The average Bonchev–Trinajstić information content (AvgIpc) is 3.30. The van der Waals surface area contributed by atoms with E-state index >= 15 is 4.79 Å². The van der Waals surface area contributed by atoms with Gasteiger partial charge in [0.25, 0.3) is 16.6 Å². The third-order valence-corrected chi connectivity index (χ3v) is 22.9. The number of benzene rings is 4. The summed E-state index contributed by atoms with van der Waals surface area (Å²) in [5.41, 5.74) is 1.73. The van der Waals surface area contributed by atoms with E-state index in [2.05, 4.69) is 90.9 Å². The summed E-state index contributed by atoms with van der Waals surface area (Å²) in [5, 5.41) is 4.17. The molecule has 0 fully saturated rings. The third-order valence-electron chi connectivity index (χ3n) is 14.0. The van der Waals surface area contributed by atoms with E-state index in [9.17, 15) is 0 Å². The molecule has 0 aliphatic carbocycles. The number of rotatable bonds is 36. The molecule has 0 aliphatic rings. The van der Waals surface area contributed by atoms with Crippen LogP contribution in [0.5, 0.6) is 17.2 Å². The molecule has 4 nitrogen and oxygen atoms in total. The second kappa shape index (κ2) is 30.2. The van der Waals surface area contributed by atoms with Crippen LogP contribution in [0.1, 0.15) is 212 Å². The summed E-state index contributed by atoms with van der Waals surface area (Å²) in [6, 6.07) is 30.0. The maximum atomic E-state index is 15.3. The van der Waals surface area contributed by atoms with Crippen LogP contribution < -0.4 is 13.6 Å². The maximum Gasteiger partial charge on any atom is 0.347 e. The zero-order valence-corrected chi connectivity index (χ0v) is 44.2. The minimum atomic E-state index is -2.41. The van der Waals surface area contributed by atoms with Gasteiger partial charge in [0, 0.05) is 16.2 Å². The molecule has 356 valence electrons. The zero-order chi connectivity index (χ0) is 45.9. The second-order valence-corrected chi connectivity index (χ2v) is 27.7. The number of unbranched alkanes of at least 4 members (excludes halogenated alkanes) is 18. The van der Waals surface area contributed by atoms with Crippen LogP contribution in [0.4, 0.5) is 0 Å². The molecule has 0 unspecified atom stereocenters. The van der Waals surface area contributed by atoms with E-state index in [0.29, 0.717) is 11.3 Å². The molecule has 0 heterocycles. The van der Waals surface area contributed by atoms with Crippen molar-refractivity contribution < 1.29 is 18.4 Å². The molecular weight excluding hydrogens is 817 g/mol. The van der Waals surface area contributed by atoms with Crippen molar-refractivity contribution in [1.29, 1.82) is 0 Å². The summed E-state index contributed by atoms with van der Waals surface area (Å²) < 4.78 is 22.4. The summed E-state index contributed by atoms with van der Waals surface area (Å²) in [5.74, 6) is 1.89. The van der Waals surface area contributed by atoms with Gasteiger partial charge in [-0.25, -0.2) is 4.79 Å². The lowest BCUT2D eigenvalue weighted by atomic mass is 10.0. The smallest absolute Gasteiger partial charge is 0.347 e. The van der Waals surface area contributed by atoms with Gasteiger partial charge < -0.3 is 13.6 Å². The molecule has 0 saturated heterocycles. The first kappa shape index (κ1) is 53.5. The summed E-state index contributed by atoms with van der Waals surface area (Å²) in [6.07, 6.45) is 29.7. The highest BCUT2D eigenvalue weighted by Crippen LogP contribution is 2.45. The summed E-state index contributed by atoms with van der Waals surface area (Å²) in [4.78, 5) is 15.3. The van der Waals surface area contributed by atoms with Gasteiger partial charge in [-0.2, -0.15) is 0 Å². The predicted molar refractivity (Wildman–Crippen MR) is 284 cm³/mol. The first-order valence-electron chi connectivity index (χ1n) is 26.9. The highest BCUT2D eigenvalue weighted by Gasteiger charge is 2.40. The molecule has 0 aliphatic heterocycles. The van der Waals surface area contributed by atoms with E-state index in [1.807, 2.05) is 24.3 Å². The Balaban J connectivity index is 1.98. The number of hydrogen-bond acceptors (Lipinski definition) is 4. The van der Waals surface area contributed by atoms with E-state index in [1.54, 1.807) is 0 Å². The van der Waals surface area contributed by atoms with Crippen LogP contribution in [0.15, 0.2) is 66.7 Å². The number of fused-ring (bicyclic) bond motifs is 2. The molecule has 4 aromatic carbocycles. The maximum absolute atomic E-state index is 15.3. The number of ether oxygens (including phenoxy) is 1. The van der Waals surface area contributed by atoms with Gasteiger partial charge in [-0.15, -0.1) is 0 Å². The number of esters is 1. The second-order valence-electron chi connectivity index (χ2n) is 19.5. The summed E-state index contributed by atoms with van der Waals surface area (Å²) in [7, 11) is -4.73. The minimum Gasteiger partial charge on any atom is -0.543 e. The molecule has 0 atom stereocenters. The standard InChI is InChI=1S/C58H92O4Si2/c1-8-14-20-28-42-63(43-29-21-15-9-2,44-30-22-16-10-3)61-55-48-53(58(59)60-54-41-35-38-50-37-26-27-39-51(50)54)57(52-40-34-36-49(7)56(52)55)62-64(45-31-23-17-11-4,46-32-24-18-12-5)47-33-25-19-13-6/h26-27,34-41,48H,8-25,28-33,42-47H2,1-7H3. The predicted octanol–water partition coefficient (Wildman–Crippen LogP) is 19.7. The molecule has 0 N–H and O–H groups in total.